The Bertz CT molecular complexity index is 656. The second kappa shape index (κ2) is 9.09. The van der Waals surface area contributed by atoms with Gasteiger partial charge in [0.1, 0.15) is 19.6 Å². The fourth-order valence-corrected chi connectivity index (χ4v) is 4.36. The second-order valence-electron chi connectivity index (χ2n) is 8.44. The molecule has 0 bridgehead atoms. The largest absolute Gasteiger partial charge is 0.480 e. The van der Waals surface area contributed by atoms with E-state index in [4.69, 9.17) is 15.3 Å². The third-order valence-electron chi connectivity index (χ3n) is 5.19. The van der Waals surface area contributed by atoms with E-state index in [1.165, 1.54) is 20.8 Å². The third-order valence-corrected chi connectivity index (χ3v) is 5.19. The highest BCUT2D eigenvalue weighted by atomic mass is 16.4. The first-order valence-electron chi connectivity index (χ1n) is 9.14. The van der Waals surface area contributed by atoms with Crippen molar-refractivity contribution in [3.8, 4) is 0 Å². The molecule has 1 aliphatic carbocycles. The SMILES string of the molecule is CC1(C(=O)NCC(=O)O)CC(C)(C(=O)NCC(=O)O)CC(C)(C(=O)NCC(=O)O)C1. The van der Waals surface area contributed by atoms with Gasteiger partial charge in [0, 0.05) is 16.2 Å². The first kappa shape index (κ1) is 24.9. The number of carbonyl (C=O) groups excluding carboxylic acids is 3. The Morgan fingerprint density at radius 1 is 0.567 bits per heavy atom. The Hall–Kier alpha value is -3.18. The molecule has 0 spiro atoms. The summed E-state index contributed by atoms with van der Waals surface area (Å²) in [5.74, 6) is -5.86. The predicted octanol–water partition coefficient (Wildman–Crippen LogP) is -1.21. The summed E-state index contributed by atoms with van der Waals surface area (Å²) in [4.78, 5) is 70.7. The highest BCUT2D eigenvalue weighted by Gasteiger charge is 2.57. The van der Waals surface area contributed by atoms with Gasteiger partial charge in [0.05, 0.1) is 0 Å². The highest BCUT2D eigenvalue weighted by molar-refractivity contribution is 5.93. The maximum Gasteiger partial charge on any atom is 0.322 e. The number of rotatable bonds is 9. The number of carbonyl (C=O) groups is 6. The van der Waals surface area contributed by atoms with Crippen LogP contribution >= 0.6 is 0 Å². The average molecular weight is 429 g/mol. The number of hydrogen-bond acceptors (Lipinski definition) is 6. The number of carboxylic acids is 3. The monoisotopic (exact) mass is 429 g/mol. The summed E-state index contributed by atoms with van der Waals surface area (Å²) in [6.07, 6.45) is -0.212. The standard InChI is InChI=1S/C18H27N3O9/c1-16(13(28)19-4-10(22)23)7-17(2,14(29)20-5-11(24)25)9-18(3,8-16)15(30)21-6-12(26)27/h4-9H2,1-3H3,(H,19,28)(H,20,29)(H,21,30)(H,22,23)(H,24,25)(H,26,27). The van der Waals surface area contributed by atoms with Crippen molar-refractivity contribution in [3.63, 3.8) is 0 Å². The van der Waals surface area contributed by atoms with Crippen LogP contribution < -0.4 is 16.0 Å². The van der Waals surface area contributed by atoms with E-state index in [2.05, 4.69) is 16.0 Å². The number of nitrogens with one attached hydrogen (secondary N) is 3. The maximum absolute atomic E-state index is 12.8. The highest BCUT2D eigenvalue weighted by Crippen LogP contribution is 2.54. The van der Waals surface area contributed by atoms with Crippen LogP contribution in [0.2, 0.25) is 0 Å². The molecule has 1 saturated carbocycles. The van der Waals surface area contributed by atoms with Gasteiger partial charge in [0.2, 0.25) is 17.7 Å². The Morgan fingerprint density at radius 2 is 0.767 bits per heavy atom. The number of carboxylic acid groups (broad SMARTS) is 3. The number of aliphatic carboxylic acids is 3. The van der Waals surface area contributed by atoms with Gasteiger partial charge in [0.15, 0.2) is 0 Å². The van der Waals surface area contributed by atoms with E-state index in [-0.39, 0.29) is 19.3 Å². The smallest absolute Gasteiger partial charge is 0.322 e. The Labute approximate surface area is 172 Å². The average Bonchev–Trinajstić information content (AvgIpc) is 2.60. The minimum atomic E-state index is -1.35. The molecule has 1 rings (SSSR count). The van der Waals surface area contributed by atoms with Crippen molar-refractivity contribution in [1.82, 2.24) is 16.0 Å². The Morgan fingerprint density at radius 3 is 0.933 bits per heavy atom. The van der Waals surface area contributed by atoms with E-state index >= 15 is 0 Å². The minimum absolute atomic E-state index is 0.0707. The zero-order valence-corrected chi connectivity index (χ0v) is 17.0. The number of amides is 3. The van der Waals surface area contributed by atoms with Gasteiger partial charge in [-0.3, -0.25) is 28.8 Å². The van der Waals surface area contributed by atoms with Crippen LogP contribution in [0.4, 0.5) is 0 Å². The second-order valence-corrected chi connectivity index (χ2v) is 8.44. The zero-order valence-electron chi connectivity index (χ0n) is 17.0. The van der Waals surface area contributed by atoms with Crippen LogP contribution in [0.1, 0.15) is 40.0 Å². The van der Waals surface area contributed by atoms with Crippen molar-refractivity contribution in [2.75, 3.05) is 19.6 Å². The van der Waals surface area contributed by atoms with E-state index in [1.807, 2.05) is 0 Å². The van der Waals surface area contributed by atoms with Gasteiger partial charge < -0.3 is 31.3 Å². The van der Waals surface area contributed by atoms with Gasteiger partial charge in [-0.2, -0.15) is 0 Å². The lowest BCUT2D eigenvalue weighted by atomic mass is 9.53. The van der Waals surface area contributed by atoms with E-state index < -0.39 is 71.5 Å². The van der Waals surface area contributed by atoms with Crippen LogP contribution in [0.15, 0.2) is 0 Å². The molecule has 3 amide bonds. The summed E-state index contributed by atoms with van der Waals surface area (Å²) in [5.41, 5.74) is -4.05. The van der Waals surface area contributed by atoms with E-state index in [1.54, 1.807) is 0 Å². The predicted molar refractivity (Wildman–Crippen MR) is 100 cm³/mol. The summed E-state index contributed by atoms with van der Waals surface area (Å²) >= 11 is 0. The van der Waals surface area contributed by atoms with Gasteiger partial charge in [-0.15, -0.1) is 0 Å². The molecule has 168 valence electrons. The summed E-state index contributed by atoms with van der Waals surface area (Å²) in [6.45, 7) is 2.48. The summed E-state index contributed by atoms with van der Waals surface area (Å²) in [6, 6.07) is 0. The van der Waals surface area contributed by atoms with Gasteiger partial charge in [-0.05, 0) is 19.3 Å². The molecule has 12 nitrogen and oxygen atoms in total. The first-order valence-corrected chi connectivity index (χ1v) is 9.14. The summed E-state index contributed by atoms with van der Waals surface area (Å²) in [7, 11) is 0. The lowest BCUT2D eigenvalue weighted by molar-refractivity contribution is -0.156. The van der Waals surface area contributed by atoms with Gasteiger partial charge in [-0.1, -0.05) is 20.8 Å². The fourth-order valence-electron chi connectivity index (χ4n) is 4.36. The van der Waals surface area contributed by atoms with Crippen LogP contribution in [0.5, 0.6) is 0 Å². The maximum atomic E-state index is 12.8. The molecule has 0 aromatic carbocycles. The van der Waals surface area contributed by atoms with Crippen molar-refractivity contribution in [2.24, 2.45) is 16.2 Å². The van der Waals surface area contributed by atoms with Crippen molar-refractivity contribution >= 4 is 35.6 Å². The Kier molecular flexibility index (Phi) is 7.54. The van der Waals surface area contributed by atoms with E-state index in [9.17, 15) is 28.8 Å². The molecule has 12 heteroatoms. The van der Waals surface area contributed by atoms with Crippen molar-refractivity contribution in [1.29, 1.82) is 0 Å². The molecule has 30 heavy (non-hydrogen) atoms. The molecule has 0 aliphatic heterocycles. The van der Waals surface area contributed by atoms with Crippen molar-refractivity contribution < 1.29 is 44.1 Å². The van der Waals surface area contributed by atoms with Gasteiger partial charge in [0.25, 0.3) is 0 Å². The van der Waals surface area contributed by atoms with Crippen LogP contribution in [0.25, 0.3) is 0 Å². The quantitative estimate of drug-likeness (QED) is 0.260. The van der Waals surface area contributed by atoms with Crippen molar-refractivity contribution in [3.05, 3.63) is 0 Å². The first-order chi connectivity index (χ1) is 13.6. The lowest BCUT2D eigenvalue weighted by Crippen LogP contribution is -2.58. The van der Waals surface area contributed by atoms with Crippen LogP contribution in [0.3, 0.4) is 0 Å². The zero-order chi connectivity index (χ0) is 23.3. The molecule has 1 aliphatic rings. The summed E-state index contributed by atoms with van der Waals surface area (Å²) < 4.78 is 0. The molecule has 0 radical (unpaired) electrons. The normalized spacial score (nSPS) is 28.1. The Balaban J connectivity index is 3.26. The minimum Gasteiger partial charge on any atom is -0.480 e. The topological polar surface area (TPSA) is 199 Å². The van der Waals surface area contributed by atoms with Crippen LogP contribution in [-0.4, -0.2) is 70.6 Å². The van der Waals surface area contributed by atoms with Gasteiger partial charge in [-0.25, -0.2) is 0 Å². The van der Waals surface area contributed by atoms with Crippen molar-refractivity contribution in [2.45, 2.75) is 40.0 Å². The molecule has 0 heterocycles. The number of hydrogen-bond donors (Lipinski definition) is 6. The molecule has 0 atom stereocenters. The molecule has 0 unspecified atom stereocenters. The van der Waals surface area contributed by atoms with E-state index in [0.29, 0.717) is 0 Å². The molecular formula is C18H27N3O9. The van der Waals surface area contributed by atoms with Gasteiger partial charge >= 0.3 is 17.9 Å². The molecule has 0 aromatic heterocycles. The van der Waals surface area contributed by atoms with Crippen LogP contribution in [-0.2, 0) is 28.8 Å². The molecular weight excluding hydrogens is 402 g/mol. The third kappa shape index (κ3) is 6.16. The summed E-state index contributed by atoms with van der Waals surface area (Å²) in [5, 5.41) is 33.2. The van der Waals surface area contributed by atoms with E-state index in [0.717, 1.165) is 0 Å². The molecule has 6 N–H and O–H groups in total. The molecule has 0 saturated heterocycles. The molecule has 0 aromatic rings. The fraction of sp³-hybridized carbons (Fsp3) is 0.667. The lowest BCUT2D eigenvalue weighted by Gasteiger charge is -2.50. The molecule has 1 fully saturated rings. The van der Waals surface area contributed by atoms with Crippen LogP contribution in [0, 0.1) is 16.2 Å².